The number of hydrogen-bond acceptors (Lipinski definition) is 4. The average molecular weight is 290 g/mol. The Labute approximate surface area is 125 Å². The second-order valence-corrected chi connectivity index (χ2v) is 5.23. The molecule has 2 rings (SSSR count). The Morgan fingerprint density at radius 1 is 1.33 bits per heavy atom. The molecule has 1 N–H and O–H groups in total. The third-order valence-electron chi connectivity index (χ3n) is 3.49. The molecule has 2 amide bonds. The molecule has 1 aromatic carbocycles. The van der Waals surface area contributed by atoms with Gasteiger partial charge in [-0.2, -0.15) is 0 Å². The van der Waals surface area contributed by atoms with Crippen LogP contribution < -0.4 is 10.1 Å². The van der Waals surface area contributed by atoms with E-state index < -0.39 is 6.04 Å². The quantitative estimate of drug-likeness (QED) is 0.817. The maximum absolute atomic E-state index is 12.1. The van der Waals surface area contributed by atoms with Crippen LogP contribution in [-0.2, 0) is 9.59 Å². The molecular weight excluding hydrogens is 268 g/mol. The molecule has 1 aliphatic heterocycles. The van der Waals surface area contributed by atoms with E-state index in [0.29, 0.717) is 13.2 Å². The van der Waals surface area contributed by atoms with Crippen LogP contribution in [0.15, 0.2) is 18.2 Å². The summed E-state index contributed by atoms with van der Waals surface area (Å²) in [5, 5.41) is 3.15. The molecule has 0 saturated carbocycles. The van der Waals surface area contributed by atoms with Gasteiger partial charge in [0.1, 0.15) is 11.8 Å². The van der Waals surface area contributed by atoms with Crippen molar-refractivity contribution in [2.75, 3.05) is 18.5 Å². The highest BCUT2D eigenvalue weighted by Gasteiger charge is 2.37. The molecule has 21 heavy (non-hydrogen) atoms. The van der Waals surface area contributed by atoms with Gasteiger partial charge in [-0.15, -0.1) is 0 Å². The Bertz CT molecular complexity index is 542. The van der Waals surface area contributed by atoms with Crippen LogP contribution in [0.3, 0.4) is 0 Å². The van der Waals surface area contributed by atoms with E-state index in [4.69, 9.17) is 4.74 Å². The Balaban J connectivity index is 2.16. The van der Waals surface area contributed by atoms with Gasteiger partial charge in [0.2, 0.25) is 5.91 Å². The minimum Gasteiger partial charge on any atom is -0.491 e. The summed E-state index contributed by atoms with van der Waals surface area (Å²) in [6.07, 6.45) is 1.12. The number of hydrogen-bond donors (Lipinski definition) is 1. The Morgan fingerprint density at radius 2 is 2.10 bits per heavy atom. The molecule has 1 saturated heterocycles. The molecule has 5 heteroatoms. The molecule has 0 radical (unpaired) electrons. The van der Waals surface area contributed by atoms with Gasteiger partial charge in [-0.05, 0) is 38.0 Å². The van der Waals surface area contributed by atoms with Crippen molar-refractivity contribution in [3.8, 4) is 5.75 Å². The van der Waals surface area contributed by atoms with E-state index in [1.54, 1.807) is 6.92 Å². The van der Waals surface area contributed by atoms with Crippen molar-refractivity contribution in [1.82, 2.24) is 4.90 Å². The minimum absolute atomic E-state index is 0.122. The fourth-order valence-electron chi connectivity index (χ4n) is 2.40. The van der Waals surface area contributed by atoms with Gasteiger partial charge >= 0.3 is 0 Å². The molecule has 1 fully saturated rings. The highest BCUT2D eigenvalue weighted by atomic mass is 16.5. The third kappa shape index (κ3) is 3.35. The molecule has 1 atom stereocenters. The Hall–Kier alpha value is -2.04. The predicted molar refractivity (Wildman–Crippen MR) is 81.4 cm³/mol. The summed E-state index contributed by atoms with van der Waals surface area (Å²) < 4.78 is 5.72. The van der Waals surface area contributed by atoms with Crippen molar-refractivity contribution in [2.24, 2.45) is 0 Å². The number of imide groups is 1. The first-order chi connectivity index (χ1) is 10.1. The van der Waals surface area contributed by atoms with E-state index in [-0.39, 0.29) is 18.2 Å². The fourth-order valence-corrected chi connectivity index (χ4v) is 2.40. The highest BCUT2D eigenvalue weighted by molar-refractivity contribution is 6.06. The number of likely N-dealkylation sites (tertiary alicyclic amines) is 1. The van der Waals surface area contributed by atoms with Gasteiger partial charge in [-0.25, -0.2) is 0 Å². The van der Waals surface area contributed by atoms with E-state index in [9.17, 15) is 9.59 Å². The highest BCUT2D eigenvalue weighted by Crippen LogP contribution is 2.28. The van der Waals surface area contributed by atoms with E-state index in [0.717, 1.165) is 23.4 Å². The van der Waals surface area contributed by atoms with Crippen molar-refractivity contribution in [2.45, 2.75) is 39.7 Å². The number of likely N-dealkylation sites (N-methyl/N-ethyl adjacent to an activating group) is 1. The molecular formula is C16H22N2O3. The average Bonchev–Trinajstić information content (AvgIpc) is 2.73. The van der Waals surface area contributed by atoms with Crippen LogP contribution in [0.2, 0.25) is 0 Å². The van der Waals surface area contributed by atoms with E-state index in [2.05, 4.69) is 5.32 Å². The maximum atomic E-state index is 12.1. The molecule has 114 valence electrons. The summed E-state index contributed by atoms with van der Waals surface area (Å²) in [6, 6.07) is 5.30. The lowest BCUT2D eigenvalue weighted by Gasteiger charge is -2.17. The van der Waals surface area contributed by atoms with Crippen LogP contribution >= 0.6 is 0 Å². The van der Waals surface area contributed by atoms with Crippen molar-refractivity contribution in [1.29, 1.82) is 0 Å². The summed E-state index contributed by atoms with van der Waals surface area (Å²) >= 11 is 0. The lowest BCUT2D eigenvalue weighted by Crippen LogP contribution is -2.34. The van der Waals surface area contributed by atoms with Crippen molar-refractivity contribution >= 4 is 17.5 Å². The number of nitrogens with one attached hydrogen (secondary N) is 1. The standard InChI is InChI=1S/C16H22N2O3/c1-4-8-21-14-9-11(3)6-7-12(14)17-13-10-15(19)18(5-2)16(13)20/h6-7,9,13,17H,4-5,8,10H2,1-3H3. The molecule has 0 bridgehead atoms. The largest absolute Gasteiger partial charge is 0.491 e. The number of amides is 2. The first kappa shape index (κ1) is 15.4. The van der Waals surface area contributed by atoms with Gasteiger partial charge in [-0.1, -0.05) is 13.0 Å². The number of ether oxygens (including phenoxy) is 1. The minimum atomic E-state index is -0.496. The normalized spacial score (nSPS) is 18.2. The number of carbonyl (C=O) groups is 2. The molecule has 0 spiro atoms. The summed E-state index contributed by atoms with van der Waals surface area (Å²) in [5.74, 6) is 0.444. The predicted octanol–water partition coefficient (Wildman–Crippen LogP) is 2.34. The van der Waals surface area contributed by atoms with Crippen molar-refractivity contribution in [3.05, 3.63) is 23.8 Å². The molecule has 0 aromatic heterocycles. The number of carbonyl (C=O) groups excluding carboxylic acids is 2. The van der Waals surface area contributed by atoms with Crippen molar-refractivity contribution in [3.63, 3.8) is 0 Å². The number of aryl methyl sites for hydroxylation is 1. The van der Waals surface area contributed by atoms with Crippen LogP contribution in [0.4, 0.5) is 5.69 Å². The summed E-state index contributed by atoms with van der Waals surface area (Å²) in [7, 11) is 0. The number of anilines is 1. The second-order valence-electron chi connectivity index (χ2n) is 5.23. The lowest BCUT2D eigenvalue weighted by atomic mass is 10.1. The molecule has 1 aromatic rings. The number of nitrogens with zero attached hydrogens (tertiary/aromatic N) is 1. The van der Waals surface area contributed by atoms with Gasteiger partial charge in [0.05, 0.1) is 18.7 Å². The van der Waals surface area contributed by atoms with Crippen molar-refractivity contribution < 1.29 is 14.3 Å². The zero-order valence-electron chi connectivity index (χ0n) is 12.8. The zero-order valence-corrected chi connectivity index (χ0v) is 12.8. The Morgan fingerprint density at radius 3 is 2.71 bits per heavy atom. The van der Waals surface area contributed by atoms with Crippen LogP contribution in [0.1, 0.15) is 32.3 Å². The van der Waals surface area contributed by atoms with Gasteiger partial charge in [0.25, 0.3) is 5.91 Å². The first-order valence-electron chi connectivity index (χ1n) is 7.41. The first-order valence-corrected chi connectivity index (χ1v) is 7.41. The maximum Gasteiger partial charge on any atom is 0.252 e. The fraction of sp³-hybridized carbons (Fsp3) is 0.500. The smallest absolute Gasteiger partial charge is 0.252 e. The van der Waals surface area contributed by atoms with Gasteiger partial charge in [0, 0.05) is 6.54 Å². The van der Waals surface area contributed by atoms with E-state index in [1.165, 1.54) is 4.90 Å². The van der Waals surface area contributed by atoms with Crippen LogP contribution in [0, 0.1) is 6.92 Å². The van der Waals surface area contributed by atoms with E-state index >= 15 is 0 Å². The third-order valence-corrected chi connectivity index (χ3v) is 3.49. The molecule has 1 heterocycles. The zero-order chi connectivity index (χ0) is 15.4. The molecule has 0 aliphatic carbocycles. The lowest BCUT2D eigenvalue weighted by molar-refractivity contribution is -0.138. The number of rotatable bonds is 6. The van der Waals surface area contributed by atoms with Crippen LogP contribution in [-0.4, -0.2) is 35.9 Å². The van der Waals surface area contributed by atoms with Gasteiger partial charge in [0.15, 0.2) is 0 Å². The monoisotopic (exact) mass is 290 g/mol. The summed E-state index contributed by atoms with van der Waals surface area (Å²) in [4.78, 5) is 25.2. The topological polar surface area (TPSA) is 58.6 Å². The summed E-state index contributed by atoms with van der Waals surface area (Å²) in [5.41, 5.74) is 1.86. The second kappa shape index (κ2) is 6.61. The summed E-state index contributed by atoms with van der Waals surface area (Å²) in [6.45, 7) is 6.88. The van der Waals surface area contributed by atoms with Crippen LogP contribution in [0.25, 0.3) is 0 Å². The number of benzene rings is 1. The SMILES string of the molecule is CCCOc1cc(C)ccc1NC1CC(=O)N(CC)C1=O. The molecule has 5 nitrogen and oxygen atoms in total. The van der Waals surface area contributed by atoms with Gasteiger partial charge < -0.3 is 10.1 Å². The Kier molecular flexibility index (Phi) is 4.83. The van der Waals surface area contributed by atoms with Gasteiger partial charge in [-0.3, -0.25) is 14.5 Å². The molecule has 1 aliphatic rings. The van der Waals surface area contributed by atoms with Crippen LogP contribution in [0.5, 0.6) is 5.75 Å². The molecule has 1 unspecified atom stereocenters. The van der Waals surface area contributed by atoms with E-state index in [1.807, 2.05) is 32.0 Å².